The van der Waals surface area contributed by atoms with Crippen LogP contribution in [0.15, 0.2) is 212 Å². The lowest BCUT2D eigenvalue weighted by Crippen LogP contribution is -2.57. The molecule has 3 aromatic heterocycles. The maximum Gasteiger partial charge on any atom is 0.260 e. The van der Waals surface area contributed by atoms with Gasteiger partial charge in [0.2, 0.25) is 0 Å². The number of para-hydroxylation sites is 7. The van der Waals surface area contributed by atoms with E-state index < -0.39 is 0 Å². The van der Waals surface area contributed by atoms with E-state index in [1.54, 1.807) is 0 Å². The van der Waals surface area contributed by atoms with Crippen molar-refractivity contribution < 1.29 is 9.47 Å². The molecular formula is C61H38BN3O2. The third kappa shape index (κ3) is 5.10. The number of nitrogens with zero attached hydrogens (tertiary/aromatic N) is 3. The van der Waals surface area contributed by atoms with Crippen LogP contribution in [0.2, 0.25) is 0 Å². The number of aryl methyl sites for hydroxylation is 1. The van der Waals surface area contributed by atoms with Crippen molar-refractivity contribution in [2.24, 2.45) is 0 Å². The first-order valence-electron chi connectivity index (χ1n) is 23.0. The van der Waals surface area contributed by atoms with Gasteiger partial charge in [-0.1, -0.05) is 140 Å². The Morgan fingerprint density at radius 2 is 0.791 bits per heavy atom. The fourth-order valence-electron chi connectivity index (χ4n) is 11.6. The zero-order valence-electron chi connectivity index (χ0n) is 36.4. The van der Waals surface area contributed by atoms with E-state index in [1.165, 1.54) is 54.4 Å². The van der Waals surface area contributed by atoms with Gasteiger partial charge in [-0.15, -0.1) is 0 Å². The van der Waals surface area contributed by atoms with Gasteiger partial charge >= 0.3 is 0 Å². The van der Waals surface area contributed by atoms with Crippen molar-refractivity contribution in [2.75, 3.05) is 0 Å². The first kappa shape index (κ1) is 36.6. The first-order chi connectivity index (χ1) is 33.2. The second kappa shape index (κ2) is 13.6. The molecule has 0 bridgehead atoms. The quantitative estimate of drug-likeness (QED) is 0.165. The van der Waals surface area contributed by atoms with Crippen LogP contribution < -0.4 is 25.9 Å². The van der Waals surface area contributed by atoms with Crippen LogP contribution in [0, 0.1) is 6.92 Å². The van der Waals surface area contributed by atoms with E-state index in [1.807, 2.05) is 0 Å². The van der Waals surface area contributed by atoms with Crippen molar-refractivity contribution in [3.8, 4) is 51.2 Å². The monoisotopic (exact) mass is 855 g/mol. The summed E-state index contributed by atoms with van der Waals surface area (Å²) in [4.78, 5) is 0. The third-order valence-corrected chi connectivity index (χ3v) is 14.4. The Bertz CT molecular complexity index is 4110. The van der Waals surface area contributed by atoms with Crippen LogP contribution in [0.5, 0.6) is 23.0 Å². The van der Waals surface area contributed by atoms with Crippen LogP contribution in [0.25, 0.3) is 93.6 Å². The highest BCUT2D eigenvalue weighted by molar-refractivity contribution is 6.98. The standard InChI is InChI=1S/C61H38BN3O2/c1-37-33-58-60-59(34-37)67-57-36-39(63-49-22-8-2-15-41(49)42-16-3-9-23-50(42)63)30-32-48(57)62(60)47-31-29-38(35-56(47)66-58)40-21-14-28-55(64-51-24-10-4-17-43(51)44-18-5-11-25-52(44)64)61(40)65-53-26-12-6-19-45(53)46-20-7-13-27-54(46)65/h2-36H,1H3. The van der Waals surface area contributed by atoms with Crippen molar-refractivity contribution in [1.29, 1.82) is 0 Å². The van der Waals surface area contributed by atoms with E-state index >= 15 is 0 Å². The Balaban J connectivity index is 0.957. The molecule has 0 atom stereocenters. The minimum atomic E-state index is -0.0832. The summed E-state index contributed by atoms with van der Waals surface area (Å²) in [6.07, 6.45) is 0. The molecule has 0 saturated heterocycles. The van der Waals surface area contributed by atoms with E-state index in [-0.39, 0.29) is 6.71 Å². The molecule has 5 nitrogen and oxygen atoms in total. The average molecular weight is 856 g/mol. The SMILES string of the molecule is Cc1cc2c3c(c1)Oc1cc(-n4c5ccccc5c5ccccc54)ccc1B3c1ccc(-c3cccc(-n4c5ccccc5c5ccccc54)c3-n3c4ccccc4c4ccccc43)cc1O2. The van der Waals surface area contributed by atoms with E-state index in [4.69, 9.17) is 9.47 Å². The summed E-state index contributed by atoms with van der Waals surface area (Å²) >= 11 is 0. The molecule has 6 heteroatoms. The third-order valence-electron chi connectivity index (χ3n) is 14.4. The Labute approximate surface area is 386 Å². The zero-order chi connectivity index (χ0) is 43.9. The number of hydrogen-bond donors (Lipinski definition) is 0. The highest BCUT2D eigenvalue weighted by Crippen LogP contribution is 2.44. The normalized spacial score (nSPS) is 12.8. The Hall–Kier alpha value is -8.74. The summed E-state index contributed by atoms with van der Waals surface area (Å²) in [5, 5.41) is 7.36. The molecule has 10 aromatic carbocycles. The number of fused-ring (bicyclic) bond motifs is 13. The number of hydrogen-bond acceptors (Lipinski definition) is 2. The van der Waals surface area contributed by atoms with Crippen LogP contribution >= 0.6 is 0 Å². The fourth-order valence-corrected chi connectivity index (χ4v) is 11.6. The molecule has 0 radical (unpaired) electrons. The summed E-state index contributed by atoms with van der Waals surface area (Å²) in [7, 11) is 0. The molecule has 2 aliphatic rings. The minimum absolute atomic E-state index is 0.0832. The zero-order valence-corrected chi connectivity index (χ0v) is 36.4. The van der Waals surface area contributed by atoms with Gasteiger partial charge in [0.25, 0.3) is 6.71 Å². The topological polar surface area (TPSA) is 33.2 Å². The van der Waals surface area contributed by atoms with E-state index in [9.17, 15) is 0 Å². The maximum absolute atomic E-state index is 7.05. The van der Waals surface area contributed by atoms with Crippen molar-refractivity contribution in [1.82, 2.24) is 13.7 Å². The van der Waals surface area contributed by atoms with Gasteiger partial charge in [-0.3, -0.25) is 0 Å². The number of benzene rings is 10. The van der Waals surface area contributed by atoms with Crippen LogP contribution in [0.4, 0.5) is 0 Å². The predicted octanol–water partition coefficient (Wildman–Crippen LogP) is 13.7. The van der Waals surface area contributed by atoms with E-state index in [0.29, 0.717) is 0 Å². The summed E-state index contributed by atoms with van der Waals surface area (Å²) in [5.41, 5.74) is 16.8. The number of aromatic nitrogens is 3. The Morgan fingerprint density at radius 1 is 0.358 bits per heavy atom. The maximum atomic E-state index is 7.05. The fraction of sp³-hybridized carbons (Fsp3) is 0.0164. The van der Waals surface area contributed by atoms with Gasteiger partial charge in [0.15, 0.2) is 0 Å². The Kier molecular flexibility index (Phi) is 7.45. The molecule has 0 aliphatic carbocycles. The second-order valence-electron chi connectivity index (χ2n) is 18.1. The number of ether oxygens (including phenoxy) is 2. The molecule has 0 saturated carbocycles. The highest BCUT2D eigenvalue weighted by Gasteiger charge is 2.41. The molecule has 13 aromatic rings. The molecule has 15 rings (SSSR count). The molecule has 2 aliphatic heterocycles. The van der Waals surface area contributed by atoms with Gasteiger partial charge in [-0.05, 0) is 95.7 Å². The molecule has 0 unspecified atom stereocenters. The molecule has 0 spiro atoms. The lowest BCUT2D eigenvalue weighted by Gasteiger charge is -2.33. The van der Waals surface area contributed by atoms with Crippen LogP contribution in [-0.4, -0.2) is 20.4 Å². The van der Waals surface area contributed by atoms with Crippen molar-refractivity contribution in [2.45, 2.75) is 6.92 Å². The van der Waals surface area contributed by atoms with Gasteiger partial charge in [0.05, 0.1) is 44.5 Å². The second-order valence-corrected chi connectivity index (χ2v) is 18.1. The van der Waals surface area contributed by atoms with Crippen molar-refractivity contribution in [3.63, 3.8) is 0 Å². The molecule has 0 N–H and O–H groups in total. The summed E-state index contributed by atoms with van der Waals surface area (Å²) < 4.78 is 21.3. The average Bonchev–Trinajstić information content (AvgIpc) is 4.01. The lowest BCUT2D eigenvalue weighted by molar-refractivity contribution is 0.464. The molecule has 67 heavy (non-hydrogen) atoms. The van der Waals surface area contributed by atoms with Gasteiger partial charge in [0, 0.05) is 55.1 Å². The molecule has 5 heterocycles. The smallest absolute Gasteiger partial charge is 0.260 e. The van der Waals surface area contributed by atoms with Crippen molar-refractivity contribution >= 4 is 88.5 Å². The summed E-state index contributed by atoms with van der Waals surface area (Å²) in [6, 6.07) is 77.1. The van der Waals surface area contributed by atoms with Crippen LogP contribution in [0.3, 0.4) is 0 Å². The van der Waals surface area contributed by atoms with Crippen LogP contribution in [-0.2, 0) is 0 Å². The minimum Gasteiger partial charge on any atom is -0.458 e. The van der Waals surface area contributed by atoms with E-state index in [0.717, 1.165) is 84.2 Å². The largest absolute Gasteiger partial charge is 0.458 e. The van der Waals surface area contributed by atoms with Gasteiger partial charge in [-0.25, -0.2) is 0 Å². The van der Waals surface area contributed by atoms with Gasteiger partial charge in [-0.2, -0.15) is 0 Å². The molecular weight excluding hydrogens is 818 g/mol. The predicted molar refractivity (Wildman–Crippen MR) is 277 cm³/mol. The molecule has 312 valence electrons. The summed E-state index contributed by atoms with van der Waals surface area (Å²) in [5.74, 6) is 3.39. The molecule has 0 fully saturated rings. The lowest BCUT2D eigenvalue weighted by atomic mass is 9.35. The van der Waals surface area contributed by atoms with Gasteiger partial charge in [0.1, 0.15) is 23.0 Å². The van der Waals surface area contributed by atoms with Crippen molar-refractivity contribution in [3.05, 3.63) is 218 Å². The van der Waals surface area contributed by atoms with Gasteiger partial charge < -0.3 is 23.2 Å². The summed E-state index contributed by atoms with van der Waals surface area (Å²) in [6.45, 7) is 2.03. The van der Waals surface area contributed by atoms with Crippen LogP contribution in [0.1, 0.15) is 5.56 Å². The van der Waals surface area contributed by atoms with E-state index in [2.05, 4.69) is 233 Å². The Morgan fingerprint density at radius 3 is 1.30 bits per heavy atom. The first-order valence-corrected chi connectivity index (χ1v) is 23.0. The number of rotatable bonds is 4. The highest BCUT2D eigenvalue weighted by atomic mass is 16.5. The molecule has 0 amide bonds.